The zero-order valence-electron chi connectivity index (χ0n) is 7.41. The number of hydrogen-bond acceptors (Lipinski definition) is 4. The van der Waals surface area contributed by atoms with E-state index in [1.54, 1.807) is 24.7 Å². The zero-order chi connectivity index (χ0) is 9.64. The molecule has 2 aromatic heterocycles. The van der Waals surface area contributed by atoms with Crippen LogP contribution in [-0.2, 0) is 0 Å². The van der Waals surface area contributed by atoms with E-state index in [4.69, 9.17) is 0 Å². The van der Waals surface area contributed by atoms with Crippen molar-refractivity contribution in [2.24, 2.45) is 10.2 Å². The largest absolute Gasteiger partial charge is 0.262 e. The van der Waals surface area contributed by atoms with Crippen LogP contribution in [0.2, 0.25) is 0 Å². The van der Waals surface area contributed by atoms with Crippen molar-refractivity contribution in [3.63, 3.8) is 0 Å². The predicted molar refractivity (Wildman–Crippen MR) is 52.7 cm³/mol. The van der Waals surface area contributed by atoms with Gasteiger partial charge in [-0.25, -0.2) is 4.98 Å². The van der Waals surface area contributed by atoms with Crippen LogP contribution in [0.3, 0.4) is 0 Å². The van der Waals surface area contributed by atoms with Crippen molar-refractivity contribution in [3.8, 4) is 0 Å². The molecule has 0 fully saturated rings. The summed E-state index contributed by atoms with van der Waals surface area (Å²) in [5.41, 5.74) is 0.721. The van der Waals surface area contributed by atoms with Crippen molar-refractivity contribution in [3.05, 3.63) is 48.9 Å². The third-order valence-corrected chi connectivity index (χ3v) is 1.56. The standard InChI is InChI=1S/C10H8N4/c1-2-7-12-10(5-1)14-13-9-4-3-6-11-8-9/h1-8H. The third kappa shape index (κ3) is 2.20. The second-order valence-electron chi connectivity index (χ2n) is 2.60. The van der Waals surface area contributed by atoms with E-state index in [9.17, 15) is 0 Å². The summed E-state index contributed by atoms with van der Waals surface area (Å²) in [5, 5.41) is 7.93. The van der Waals surface area contributed by atoms with Gasteiger partial charge in [-0.1, -0.05) is 6.07 Å². The van der Waals surface area contributed by atoms with Crippen molar-refractivity contribution in [1.82, 2.24) is 9.97 Å². The van der Waals surface area contributed by atoms with Gasteiger partial charge in [0, 0.05) is 12.4 Å². The Balaban J connectivity index is 2.16. The topological polar surface area (TPSA) is 50.5 Å². The fourth-order valence-corrected chi connectivity index (χ4v) is 0.935. The minimum atomic E-state index is 0.594. The van der Waals surface area contributed by atoms with Gasteiger partial charge in [-0.05, 0) is 24.3 Å². The second-order valence-corrected chi connectivity index (χ2v) is 2.60. The van der Waals surface area contributed by atoms with E-state index in [1.165, 1.54) is 0 Å². The molecule has 14 heavy (non-hydrogen) atoms. The molecule has 4 heteroatoms. The Hall–Kier alpha value is -2.10. The van der Waals surface area contributed by atoms with E-state index in [0.717, 1.165) is 5.69 Å². The van der Waals surface area contributed by atoms with Crippen molar-refractivity contribution in [2.45, 2.75) is 0 Å². The quantitative estimate of drug-likeness (QED) is 0.674. The van der Waals surface area contributed by atoms with Crippen LogP contribution in [0, 0.1) is 0 Å². The number of nitrogens with zero attached hydrogens (tertiary/aromatic N) is 4. The summed E-state index contributed by atoms with van der Waals surface area (Å²) in [6.45, 7) is 0. The molecule has 0 N–H and O–H groups in total. The maximum Gasteiger partial charge on any atom is 0.174 e. The van der Waals surface area contributed by atoms with Crippen LogP contribution in [0.4, 0.5) is 11.5 Å². The molecule has 2 aromatic rings. The molecular formula is C10H8N4. The molecule has 0 unspecified atom stereocenters. The lowest BCUT2D eigenvalue weighted by Gasteiger charge is -1.90. The van der Waals surface area contributed by atoms with Gasteiger partial charge in [-0.2, -0.15) is 0 Å². The highest BCUT2D eigenvalue weighted by Gasteiger charge is 1.88. The molecule has 2 rings (SSSR count). The first-order valence-electron chi connectivity index (χ1n) is 4.18. The van der Waals surface area contributed by atoms with Crippen LogP contribution < -0.4 is 0 Å². The summed E-state index contributed by atoms with van der Waals surface area (Å²) in [4.78, 5) is 7.94. The highest BCUT2D eigenvalue weighted by Crippen LogP contribution is 2.13. The van der Waals surface area contributed by atoms with Crippen LogP contribution >= 0.6 is 0 Å². The second kappa shape index (κ2) is 4.23. The molecule has 0 atom stereocenters. The molecule has 68 valence electrons. The average Bonchev–Trinajstić information content (AvgIpc) is 2.29. The summed E-state index contributed by atoms with van der Waals surface area (Å²) < 4.78 is 0. The SMILES string of the molecule is c1ccc(N=Nc2cccnc2)nc1. The van der Waals surface area contributed by atoms with Gasteiger partial charge >= 0.3 is 0 Å². The van der Waals surface area contributed by atoms with Gasteiger partial charge < -0.3 is 0 Å². The molecule has 0 aliphatic heterocycles. The molecule has 0 aliphatic carbocycles. The van der Waals surface area contributed by atoms with Gasteiger partial charge in [0.1, 0.15) is 5.69 Å². The number of azo groups is 1. The Kier molecular flexibility index (Phi) is 2.56. The summed E-state index contributed by atoms with van der Waals surface area (Å²) in [6, 6.07) is 9.14. The maximum absolute atomic E-state index is 4.01. The average molecular weight is 184 g/mol. The molecular weight excluding hydrogens is 176 g/mol. The van der Waals surface area contributed by atoms with E-state index in [0.29, 0.717) is 5.82 Å². The molecule has 0 saturated carbocycles. The highest BCUT2D eigenvalue weighted by molar-refractivity contribution is 5.33. The van der Waals surface area contributed by atoms with Gasteiger partial charge in [-0.3, -0.25) is 4.98 Å². The molecule has 0 bridgehead atoms. The minimum Gasteiger partial charge on any atom is -0.262 e. The third-order valence-electron chi connectivity index (χ3n) is 1.56. The van der Waals surface area contributed by atoms with E-state index in [-0.39, 0.29) is 0 Å². The van der Waals surface area contributed by atoms with Gasteiger partial charge in [0.25, 0.3) is 0 Å². The summed E-state index contributed by atoms with van der Waals surface area (Å²) in [6.07, 6.45) is 5.02. The molecule has 0 amide bonds. The lowest BCUT2D eigenvalue weighted by molar-refractivity contribution is 1.14. The Morgan fingerprint density at radius 2 is 1.93 bits per heavy atom. The molecule has 0 aromatic carbocycles. The predicted octanol–water partition coefficient (Wildman–Crippen LogP) is 2.89. The first-order valence-corrected chi connectivity index (χ1v) is 4.18. The fraction of sp³-hybridized carbons (Fsp3) is 0. The normalized spacial score (nSPS) is 10.6. The van der Waals surface area contributed by atoms with Crippen molar-refractivity contribution in [2.75, 3.05) is 0 Å². The molecule has 4 nitrogen and oxygen atoms in total. The Morgan fingerprint density at radius 3 is 2.64 bits per heavy atom. The van der Waals surface area contributed by atoms with Crippen LogP contribution in [0.25, 0.3) is 0 Å². The minimum absolute atomic E-state index is 0.594. The lowest BCUT2D eigenvalue weighted by Crippen LogP contribution is -1.70. The highest BCUT2D eigenvalue weighted by atomic mass is 15.1. The van der Waals surface area contributed by atoms with Crippen LogP contribution in [0.15, 0.2) is 59.2 Å². The van der Waals surface area contributed by atoms with Crippen molar-refractivity contribution in [1.29, 1.82) is 0 Å². The Morgan fingerprint density at radius 1 is 0.929 bits per heavy atom. The van der Waals surface area contributed by atoms with E-state index in [2.05, 4.69) is 20.2 Å². The van der Waals surface area contributed by atoms with Crippen molar-refractivity contribution < 1.29 is 0 Å². The van der Waals surface area contributed by atoms with E-state index >= 15 is 0 Å². The lowest BCUT2D eigenvalue weighted by atomic mass is 10.4. The van der Waals surface area contributed by atoms with Crippen LogP contribution in [0.5, 0.6) is 0 Å². The van der Waals surface area contributed by atoms with Crippen molar-refractivity contribution >= 4 is 11.5 Å². The molecule has 0 aliphatic rings. The Labute approximate surface area is 81.4 Å². The summed E-state index contributed by atoms with van der Waals surface area (Å²) in [7, 11) is 0. The van der Waals surface area contributed by atoms with Gasteiger partial charge in [0.15, 0.2) is 5.82 Å². The smallest absolute Gasteiger partial charge is 0.174 e. The van der Waals surface area contributed by atoms with E-state index in [1.807, 2.05) is 24.3 Å². The van der Waals surface area contributed by atoms with Gasteiger partial charge in [-0.15, -0.1) is 10.2 Å². The first kappa shape index (κ1) is 8.50. The number of pyridine rings is 2. The van der Waals surface area contributed by atoms with E-state index < -0.39 is 0 Å². The van der Waals surface area contributed by atoms with Crippen LogP contribution in [0.1, 0.15) is 0 Å². The van der Waals surface area contributed by atoms with Gasteiger partial charge in [0.2, 0.25) is 0 Å². The maximum atomic E-state index is 4.01. The first-order chi connectivity index (χ1) is 6.95. The number of rotatable bonds is 2. The Bertz CT molecular complexity index is 369. The van der Waals surface area contributed by atoms with Gasteiger partial charge in [0.05, 0.1) is 6.20 Å². The molecule has 0 saturated heterocycles. The zero-order valence-corrected chi connectivity index (χ0v) is 7.41. The molecule has 0 spiro atoms. The number of aromatic nitrogens is 2. The van der Waals surface area contributed by atoms with Crippen LogP contribution in [-0.4, -0.2) is 9.97 Å². The summed E-state index contributed by atoms with van der Waals surface area (Å²) >= 11 is 0. The monoisotopic (exact) mass is 184 g/mol. The number of hydrogen-bond donors (Lipinski definition) is 0. The molecule has 2 heterocycles. The fourth-order valence-electron chi connectivity index (χ4n) is 0.935. The summed E-state index contributed by atoms with van der Waals surface area (Å²) in [5.74, 6) is 0.594. The molecule has 0 radical (unpaired) electrons.